The minimum atomic E-state index is -0.933. The summed E-state index contributed by atoms with van der Waals surface area (Å²) in [5, 5.41) is 18.4. The highest BCUT2D eigenvalue weighted by Crippen LogP contribution is 2.36. The van der Waals surface area contributed by atoms with Gasteiger partial charge in [0.25, 0.3) is 0 Å². The molecule has 2 N–H and O–H groups in total. The van der Waals surface area contributed by atoms with Gasteiger partial charge in [-0.05, 0) is 64.9 Å². The molecule has 4 aromatic carbocycles. The summed E-state index contributed by atoms with van der Waals surface area (Å²) in [6.07, 6.45) is 1.46. The minimum absolute atomic E-state index is 0.273. The summed E-state index contributed by atoms with van der Waals surface area (Å²) < 4.78 is 0. The van der Waals surface area contributed by atoms with Gasteiger partial charge in [-0.25, -0.2) is 9.59 Å². The molecule has 0 aliphatic heterocycles. The summed E-state index contributed by atoms with van der Waals surface area (Å²) in [6, 6.07) is 32.8. The summed E-state index contributed by atoms with van der Waals surface area (Å²) in [5.41, 5.74) is 5.80. The molecule has 0 saturated heterocycles. The lowest BCUT2D eigenvalue weighted by Crippen LogP contribution is -2.27. The molecule has 0 aliphatic carbocycles. The van der Waals surface area contributed by atoms with E-state index in [0.29, 0.717) is 6.42 Å². The van der Waals surface area contributed by atoms with E-state index in [2.05, 4.69) is 43.3 Å². The molecule has 4 rings (SSSR count). The third-order valence-corrected chi connectivity index (χ3v) is 6.34. The third-order valence-electron chi connectivity index (χ3n) is 6.34. The number of benzene rings is 4. The molecule has 34 heavy (non-hydrogen) atoms. The van der Waals surface area contributed by atoms with E-state index < -0.39 is 11.9 Å². The quantitative estimate of drug-likeness (QED) is 0.334. The fourth-order valence-electron chi connectivity index (χ4n) is 4.42. The van der Waals surface area contributed by atoms with Gasteiger partial charge in [0.2, 0.25) is 0 Å². The maximum atomic E-state index is 11.3. The van der Waals surface area contributed by atoms with E-state index in [1.807, 2.05) is 42.5 Å². The van der Waals surface area contributed by atoms with Crippen molar-refractivity contribution in [3.05, 3.63) is 142 Å². The largest absolute Gasteiger partial charge is 0.478 e. The normalized spacial score (nSPS) is 12.6. The van der Waals surface area contributed by atoms with Gasteiger partial charge < -0.3 is 10.2 Å². The predicted molar refractivity (Wildman–Crippen MR) is 133 cm³/mol. The van der Waals surface area contributed by atoms with Crippen LogP contribution in [0.25, 0.3) is 0 Å². The number of hydrogen-bond acceptors (Lipinski definition) is 2. The summed E-state index contributed by atoms with van der Waals surface area (Å²) in [6.45, 7) is 2.19. The molecule has 4 nitrogen and oxygen atoms in total. The van der Waals surface area contributed by atoms with Crippen molar-refractivity contribution in [2.45, 2.75) is 25.2 Å². The van der Waals surface area contributed by atoms with Gasteiger partial charge in [-0.3, -0.25) is 0 Å². The second kappa shape index (κ2) is 9.75. The molecule has 0 radical (unpaired) electrons. The van der Waals surface area contributed by atoms with Crippen LogP contribution in [0.5, 0.6) is 0 Å². The Labute approximate surface area is 199 Å². The van der Waals surface area contributed by atoms with Gasteiger partial charge in [-0.1, -0.05) is 85.8 Å². The number of aromatic carboxylic acids is 2. The molecule has 170 valence electrons. The van der Waals surface area contributed by atoms with E-state index in [0.717, 1.165) is 28.7 Å². The van der Waals surface area contributed by atoms with Crippen molar-refractivity contribution in [3.63, 3.8) is 0 Å². The Kier molecular flexibility index (Phi) is 6.60. The van der Waals surface area contributed by atoms with E-state index in [-0.39, 0.29) is 16.5 Å². The van der Waals surface area contributed by atoms with E-state index in [1.165, 1.54) is 5.56 Å². The zero-order chi connectivity index (χ0) is 24.1. The second-order valence-electron chi connectivity index (χ2n) is 8.76. The number of carboxylic acid groups (broad SMARTS) is 2. The third kappa shape index (κ3) is 5.07. The fourth-order valence-corrected chi connectivity index (χ4v) is 4.42. The van der Waals surface area contributed by atoms with Crippen LogP contribution in [0, 0.1) is 0 Å². The average molecular weight is 451 g/mol. The van der Waals surface area contributed by atoms with Crippen LogP contribution in [0.1, 0.15) is 55.5 Å². The highest BCUT2D eigenvalue weighted by molar-refractivity contribution is 5.88. The lowest BCUT2D eigenvalue weighted by Gasteiger charge is -2.31. The molecule has 1 atom stereocenters. The molecule has 1 unspecified atom stereocenters. The molecule has 0 bridgehead atoms. The number of hydrogen-bond donors (Lipinski definition) is 2. The molecule has 0 spiro atoms. The van der Waals surface area contributed by atoms with Crippen LogP contribution in [0.4, 0.5) is 0 Å². The van der Waals surface area contributed by atoms with E-state index >= 15 is 0 Å². The maximum absolute atomic E-state index is 11.3. The van der Waals surface area contributed by atoms with Gasteiger partial charge in [0, 0.05) is 5.41 Å². The topological polar surface area (TPSA) is 74.6 Å². The summed E-state index contributed by atoms with van der Waals surface area (Å²) in [7, 11) is 0. The molecule has 0 aromatic heterocycles. The van der Waals surface area contributed by atoms with Crippen LogP contribution in [0.2, 0.25) is 0 Å². The van der Waals surface area contributed by atoms with Gasteiger partial charge >= 0.3 is 11.9 Å². The Bertz CT molecular complexity index is 1290. The Morgan fingerprint density at radius 2 is 1.15 bits per heavy atom. The zero-order valence-electron chi connectivity index (χ0n) is 18.9. The van der Waals surface area contributed by atoms with Gasteiger partial charge in [0.15, 0.2) is 0 Å². The average Bonchev–Trinajstić information content (AvgIpc) is 2.85. The number of carboxylic acids is 2. The van der Waals surface area contributed by atoms with Crippen molar-refractivity contribution in [2.24, 2.45) is 0 Å². The van der Waals surface area contributed by atoms with Crippen molar-refractivity contribution in [1.29, 1.82) is 0 Å². The summed E-state index contributed by atoms with van der Waals surface area (Å²) in [5.74, 6) is -1.86. The fraction of sp³-hybridized carbons (Fsp3) is 0.133. The van der Waals surface area contributed by atoms with Crippen LogP contribution < -0.4 is 0 Å². The molecular weight excluding hydrogens is 424 g/mol. The first-order valence-electron chi connectivity index (χ1n) is 11.1. The van der Waals surface area contributed by atoms with Crippen molar-refractivity contribution < 1.29 is 19.8 Å². The first kappa shape index (κ1) is 23.0. The Hall–Kier alpha value is -4.18. The summed E-state index contributed by atoms with van der Waals surface area (Å²) >= 11 is 0. The van der Waals surface area contributed by atoms with Crippen LogP contribution in [-0.4, -0.2) is 22.2 Å². The SMILES string of the molecule is CC(Cc1cccc(Cc2ccc(C(=O)O)cc2)c1)(c1ccccc1)c1ccc(C(=O)O)cc1. The van der Waals surface area contributed by atoms with E-state index in [1.54, 1.807) is 24.3 Å². The van der Waals surface area contributed by atoms with Gasteiger partial charge in [-0.15, -0.1) is 0 Å². The van der Waals surface area contributed by atoms with Crippen molar-refractivity contribution in [1.82, 2.24) is 0 Å². The maximum Gasteiger partial charge on any atom is 0.335 e. The lowest BCUT2D eigenvalue weighted by molar-refractivity contribution is 0.0686. The Morgan fingerprint density at radius 3 is 1.74 bits per heavy atom. The van der Waals surface area contributed by atoms with E-state index in [9.17, 15) is 14.7 Å². The second-order valence-corrected chi connectivity index (χ2v) is 8.76. The smallest absolute Gasteiger partial charge is 0.335 e. The Morgan fingerprint density at radius 1 is 0.618 bits per heavy atom. The molecule has 4 heteroatoms. The van der Waals surface area contributed by atoms with Gasteiger partial charge in [0.05, 0.1) is 11.1 Å². The van der Waals surface area contributed by atoms with Crippen LogP contribution in [0.3, 0.4) is 0 Å². The molecule has 0 amide bonds. The predicted octanol–water partition coefficient (Wildman–Crippen LogP) is 6.22. The highest BCUT2D eigenvalue weighted by atomic mass is 16.4. The minimum Gasteiger partial charge on any atom is -0.478 e. The summed E-state index contributed by atoms with van der Waals surface area (Å²) in [4.78, 5) is 22.4. The number of rotatable bonds is 8. The molecule has 0 aliphatic rings. The molecule has 0 fully saturated rings. The molecule has 0 heterocycles. The van der Waals surface area contributed by atoms with Crippen LogP contribution in [0.15, 0.2) is 103 Å². The van der Waals surface area contributed by atoms with Gasteiger partial charge in [-0.2, -0.15) is 0 Å². The standard InChI is InChI=1S/C30H26O4/c1-30(26-8-3-2-4-9-26,27-16-14-25(15-17-27)29(33)34)20-23-7-5-6-22(19-23)18-21-10-12-24(13-11-21)28(31)32/h2-17,19H,18,20H2,1H3,(H,31,32)(H,33,34). The van der Waals surface area contributed by atoms with Crippen molar-refractivity contribution in [3.8, 4) is 0 Å². The van der Waals surface area contributed by atoms with Crippen molar-refractivity contribution in [2.75, 3.05) is 0 Å². The van der Waals surface area contributed by atoms with Crippen LogP contribution >= 0.6 is 0 Å². The monoisotopic (exact) mass is 450 g/mol. The molecule has 0 saturated carbocycles. The number of carbonyl (C=O) groups is 2. The van der Waals surface area contributed by atoms with E-state index in [4.69, 9.17) is 5.11 Å². The lowest BCUT2D eigenvalue weighted by atomic mass is 9.72. The Balaban J connectivity index is 1.64. The van der Waals surface area contributed by atoms with Crippen molar-refractivity contribution >= 4 is 11.9 Å². The zero-order valence-corrected chi connectivity index (χ0v) is 18.9. The first-order valence-corrected chi connectivity index (χ1v) is 11.1. The van der Waals surface area contributed by atoms with Gasteiger partial charge in [0.1, 0.15) is 0 Å². The molecule has 4 aromatic rings. The highest BCUT2D eigenvalue weighted by Gasteiger charge is 2.29. The van der Waals surface area contributed by atoms with Crippen LogP contribution in [-0.2, 0) is 18.3 Å². The molecular formula is C30H26O4. The first-order chi connectivity index (χ1) is 16.3.